The third-order valence-corrected chi connectivity index (χ3v) is 4.43. The molecule has 0 spiro atoms. The first-order valence-electron chi connectivity index (χ1n) is 4.05. The molecule has 1 heterocycles. The van der Waals surface area contributed by atoms with Crippen LogP contribution in [0.4, 0.5) is 8.78 Å². The van der Waals surface area contributed by atoms with Crippen molar-refractivity contribution in [2.75, 3.05) is 5.75 Å². The van der Waals surface area contributed by atoms with Gasteiger partial charge in [-0.3, -0.25) is 0 Å². The van der Waals surface area contributed by atoms with Crippen LogP contribution in [0.1, 0.15) is 18.9 Å². The Morgan fingerprint density at radius 3 is 2.60 bits per heavy atom. The van der Waals surface area contributed by atoms with Crippen LogP contribution in [0.25, 0.3) is 0 Å². The Balaban J connectivity index is 3.35. The molecule has 3 nitrogen and oxygen atoms in total. The summed E-state index contributed by atoms with van der Waals surface area (Å²) in [5, 5.41) is 0. The molecule has 1 rings (SSSR count). The maximum atomic E-state index is 12.3. The third kappa shape index (κ3) is 2.72. The molecular weight excluding hydrogens is 292 g/mol. The van der Waals surface area contributed by atoms with Crippen molar-refractivity contribution < 1.29 is 17.2 Å². The number of alkyl halides is 2. The van der Waals surface area contributed by atoms with Crippen molar-refractivity contribution in [1.29, 1.82) is 0 Å². The molecule has 0 N–H and O–H groups in total. The molecule has 1 aromatic rings. The lowest BCUT2D eigenvalue weighted by atomic mass is 10.3. The van der Waals surface area contributed by atoms with Gasteiger partial charge in [-0.2, -0.15) is 0 Å². The van der Waals surface area contributed by atoms with Gasteiger partial charge in [0.15, 0.2) is 9.84 Å². The zero-order chi connectivity index (χ0) is 11.6. The minimum atomic E-state index is -3.53. The molecule has 0 aromatic carbocycles. The van der Waals surface area contributed by atoms with Crippen molar-refractivity contribution in [1.82, 2.24) is 4.98 Å². The average Bonchev–Trinajstić information content (AvgIpc) is 2.17. The molecule has 0 radical (unpaired) electrons. The van der Waals surface area contributed by atoms with E-state index in [0.717, 1.165) is 12.3 Å². The van der Waals surface area contributed by atoms with E-state index in [0.29, 0.717) is 0 Å². The normalized spacial score (nSPS) is 12.1. The fraction of sp³-hybridized carbons (Fsp3) is 0.375. The van der Waals surface area contributed by atoms with Crippen molar-refractivity contribution >= 4 is 25.8 Å². The molecule has 0 aliphatic carbocycles. The molecule has 7 heteroatoms. The van der Waals surface area contributed by atoms with Crippen molar-refractivity contribution in [3.05, 3.63) is 22.4 Å². The van der Waals surface area contributed by atoms with E-state index in [2.05, 4.69) is 20.9 Å². The molecule has 0 saturated heterocycles. The first kappa shape index (κ1) is 12.5. The summed E-state index contributed by atoms with van der Waals surface area (Å²) in [5.74, 6) is -0.153. The number of aromatic nitrogens is 1. The summed E-state index contributed by atoms with van der Waals surface area (Å²) in [6.07, 6.45) is -1.78. The van der Waals surface area contributed by atoms with Crippen LogP contribution in [0, 0.1) is 0 Å². The van der Waals surface area contributed by atoms with Crippen molar-refractivity contribution in [2.24, 2.45) is 0 Å². The highest BCUT2D eigenvalue weighted by Crippen LogP contribution is 2.26. The molecule has 0 amide bonds. The minimum absolute atomic E-state index is 0.0637. The van der Waals surface area contributed by atoms with Gasteiger partial charge in [-0.1, -0.05) is 6.92 Å². The van der Waals surface area contributed by atoms with E-state index in [1.165, 1.54) is 6.92 Å². The van der Waals surface area contributed by atoms with E-state index >= 15 is 0 Å². The molecule has 0 saturated carbocycles. The standard InChI is InChI=1S/C8H8BrF2NO2S/c1-2-15(13,14)6-3-5(8(10)11)4-12-7(6)9/h3-4,8H,2H2,1H3. The molecule has 84 valence electrons. The number of pyridine rings is 1. The molecule has 0 atom stereocenters. The molecule has 1 aromatic heterocycles. The summed E-state index contributed by atoms with van der Waals surface area (Å²) in [6, 6.07) is 0.945. The minimum Gasteiger partial charge on any atom is -0.247 e. The van der Waals surface area contributed by atoms with Crippen LogP contribution in [0.5, 0.6) is 0 Å². The van der Waals surface area contributed by atoms with Gasteiger partial charge in [-0.05, 0) is 22.0 Å². The van der Waals surface area contributed by atoms with Crippen molar-refractivity contribution in [3.8, 4) is 0 Å². The van der Waals surface area contributed by atoms with Gasteiger partial charge in [0.1, 0.15) is 9.50 Å². The topological polar surface area (TPSA) is 47.0 Å². The van der Waals surface area contributed by atoms with Crippen LogP contribution in [0.2, 0.25) is 0 Å². The number of hydrogen-bond acceptors (Lipinski definition) is 3. The predicted octanol–water partition coefficient (Wildman–Crippen LogP) is 2.58. The number of nitrogens with zero attached hydrogens (tertiary/aromatic N) is 1. The van der Waals surface area contributed by atoms with Gasteiger partial charge in [0.2, 0.25) is 0 Å². The van der Waals surface area contributed by atoms with Crippen LogP contribution in [0.15, 0.2) is 21.8 Å². The molecular formula is C8H8BrF2NO2S. The van der Waals surface area contributed by atoms with E-state index in [1.807, 2.05) is 0 Å². The lowest BCUT2D eigenvalue weighted by Crippen LogP contribution is -2.06. The number of halogens is 3. The molecule has 0 aliphatic rings. The third-order valence-electron chi connectivity index (χ3n) is 1.80. The van der Waals surface area contributed by atoms with Crippen LogP contribution < -0.4 is 0 Å². The predicted molar refractivity (Wildman–Crippen MR) is 54.6 cm³/mol. The monoisotopic (exact) mass is 299 g/mol. The van der Waals surface area contributed by atoms with Crippen LogP contribution in [-0.4, -0.2) is 19.2 Å². The SMILES string of the molecule is CCS(=O)(=O)c1cc(C(F)F)cnc1Br. The number of hydrogen-bond donors (Lipinski definition) is 0. The van der Waals surface area contributed by atoms with Crippen LogP contribution in [-0.2, 0) is 9.84 Å². The quantitative estimate of drug-likeness (QED) is 0.806. The Bertz CT molecular complexity index is 462. The molecule has 0 bridgehead atoms. The van der Waals surface area contributed by atoms with E-state index < -0.39 is 21.8 Å². The molecule has 15 heavy (non-hydrogen) atoms. The van der Waals surface area contributed by atoms with Gasteiger partial charge < -0.3 is 0 Å². The highest BCUT2D eigenvalue weighted by Gasteiger charge is 2.19. The number of rotatable bonds is 3. The van der Waals surface area contributed by atoms with Crippen LogP contribution in [0.3, 0.4) is 0 Å². The van der Waals surface area contributed by atoms with E-state index in [9.17, 15) is 17.2 Å². The zero-order valence-electron chi connectivity index (χ0n) is 7.75. The highest BCUT2D eigenvalue weighted by molar-refractivity contribution is 9.10. The zero-order valence-corrected chi connectivity index (χ0v) is 10.1. The molecule has 0 unspecified atom stereocenters. The Morgan fingerprint density at radius 1 is 1.53 bits per heavy atom. The lowest BCUT2D eigenvalue weighted by molar-refractivity contribution is 0.150. The lowest BCUT2D eigenvalue weighted by Gasteiger charge is -2.06. The summed E-state index contributed by atoms with van der Waals surface area (Å²) in [5.41, 5.74) is -0.398. The molecule has 0 aliphatic heterocycles. The Labute approximate surface area is 94.6 Å². The van der Waals surface area contributed by atoms with E-state index in [-0.39, 0.29) is 15.3 Å². The first-order valence-corrected chi connectivity index (χ1v) is 6.49. The van der Waals surface area contributed by atoms with Gasteiger partial charge in [-0.25, -0.2) is 22.2 Å². The number of sulfone groups is 1. The van der Waals surface area contributed by atoms with E-state index in [4.69, 9.17) is 0 Å². The van der Waals surface area contributed by atoms with Gasteiger partial charge in [0.05, 0.1) is 5.75 Å². The summed E-state index contributed by atoms with van der Waals surface area (Å²) < 4.78 is 47.7. The summed E-state index contributed by atoms with van der Waals surface area (Å²) in [6.45, 7) is 1.44. The summed E-state index contributed by atoms with van der Waals surface area (Å²) >= 11 is 2.92. The van der Waals surface area contributed by atoms with Crippen molar-refractivity contribution in [3.63, 3.8) is 0 Å². The second-order valence-electron chi connectivity index (χ2n) is 2.76. The van der Waals surface area contributed by atoms with Gasteiger partial charge in [0, 0.05) is 11.8 Å². The van der Waals surface area contributed by atoms with Crippen LogP contribution >= 0.6 is 15.9 Å². The van der Waals surface area contributed by atoms with Crippen molar-refractivity contribution in [2.45, 2.75) is 18.2 Å². The fourth-order valence-electron chi connectivity index (χ4n) is 0.936. The smallest absolute Gasteiger partial charge is 0.247 e. The first-order chi connectivity index (χ1) is 6.88. The maximum absolute atomic E-state index is 12.3. The summed E-state index contributed by atoms with van der Waals surface area (Å²) in [7, 11) is -3.53. The molecule has 0 fully saturated rings. The Hall–Kier alpha value is -0.560. The second-order valence-corrected chi connectivity index (χ2v) is 5.76. The van der Waals surface area contributed by atoms with Gasteiger partial charge in [0.25, 0.3) is 6.43 Å². The second kappa shape index (κ2) is 4.52. The largest absolute Gasteiger partial charge is 0.265 e. The van der Waals surface area contributed by atoms with E-state index in [1.54, 1.807) is 0 Å². The van der Waals surface area contributed by atoms with Gasteiger partial charge in [-0.15, -0.1) is 0 Å². The Kier molecular flexibility index (Phi) is 3.77. The Morgan fingerprint density at radius 2 is 2.13 bits per heavy atom. The fourth-order valence-corrected chi connectivity index (χ4v) is 2.83. The highest BCUT2D eigenvalue weighted by atomic mass is 79.9. The average molecular weight is 300 g/mol. The van der Waals surface area contributed by atoms with Gasteiger partial charge >= 0.3 is 0 Å². The summed E-state index contributed by atoms with van der Waals surface area (Å²) in [4.78, 5) is 3.38. The maximum Gasteiger partial charge on any atom is 0.265 e.